The van der Waals surface area contributed by atoms with Crippen molar-refractivity contribution in [2.24, 2.45) is 0 Å². The fraction of sp³-hybridized carbons (Fsp3) is 0.321. The third-order valence-electron chi connectivity index (χ3n) is 6.52. The maximum absolute atomic E-state index is 5.89. The number of methoxy groups -OCH3 is 1. The summed E-state index contributed by atoms with van der Waals surface area (Å²) in [7, 11) is 1.68. The summed E-state index contributed by atoms with van der Waals surface area (Å²) < 4.78 is 11.3. The number of likely N-dealkylation sites (tertiary alicyclic amines) is 1. The van der Waals surface area contributed by atoms with Crippen LogP contribution in [0, 0.1) is 13.8 Å². The smallest absolute Gasteiger partial charge is 0.247 e. The zero-order valence-electron chi connectivity index (χ0n) is 20.5. The van der Waals surface area contributed by atoms with Crippen LogP contribution in [-0.4, -0.2) is 53.4 Å². The second-order valence-corrected chi connectivity index (χ2v) is 9.02. The van der Waals surface area contributed by atoms with Gasteiger partial charge in [-0.05, 0) is 111 Å². The molecule has 0 amide bonds. The van der Waals surface area contributed by atoms with Crippen LogP contribution in [-0.2, 0) is 0 Å². The van der Waals surface area contributed by atoms with Gasteiger partial charge in [0.25, 0.3) is 0 Å². The van der Waals surface area contributed by atoms with Crippen molar-refractivity contribution in [3.8, 4) is 22.6 Å². The summed E-state index contributed by atoms with van der Waals surface area (Å²) >= 11 is 0. The molecule has 1 aliphatic rings. The molecule has 7 nitrogen and oxygen atoms in total. The molecular weight excluding hydrogens is 438 g/mol. The Labute approximate surface area is 206 Å². The van der Waals surface area contributed by atoms with Gasteiger partial charge in [-0.1, -0.05) is 6.07 Å². The average molecular weight is 470 g/mol. The van der Waals surface area contributed by atoms with Crippen LogP contribution in [0.2, 0.25) is 0 Å². The van der Waals surface area contributed by atoms with Gasteiger partial charge >= 0.3 is 0 Å². The Hall–Kier alpha value is -3.71. The second-order valence-electron chi connectivity index (χ2n) is 9.02. The number of aryl methyl sites for hydroxylation is 2. The molecular formula is C28H31N5O2. The van der Waals surface area contributed by atoms with Crippen LogP contribution < -0.4 is 14.8 Å². The van der Waals surface area contributed by atoms with Gasteiger partial charge in [-0.25, -0.2) is 4.98 Å². The maximum Gasteiger partial charge on any atom is 0.247 e. The largest absolute Gasteiger partial charge is 0.497 e. The number of aromatic nitrogens is 3. The van der Waals surface area contributed by atoms with E-state index in [9.17, 15) is 0 Å². The summed E-state index contributed by atoms with van der Waals surface area (Å²) in [6.07, 6.45) is 2.60. The van der Waals surface area contributed by atoms with Crippen molar-refractivity contribution in [3.05, 3.63) is 65.7 Å². The van der Waals surface area contributed by atoms with Crippen LogP contribution in [0.5, 0.6) is 11.5 Å². The number of fused-ring (bicyclic) bond motifs is 1. The Bertz CT molecular complexity index is 1320. The molecule has 5 rings (SSSR count). The van der Waals surface area contributed by atoms with Gasteiger partial charge in [0, 0.05) is 12.2 Å². The normalized spacial score (nSPS) is 13.8. The first-order chi connectivity index (χ1) is 17.1. The molecule has 0 spiro atoms. The molecule has 0 aliphatic carbocycles. The van der Waals surface area contributed by atoms with E-state index in [4.69, 9.17) is 14.5 Å². The molecule has 1 N–H and O–H groups in total. The molecule has 7 heteroatoms. The molecule has 3 aromatic carbocycles. The fourth-order valence-electron chi connectivity index (χ4n) is 4.51. The molecule has 0 atom stereocenters. The summed E-state index contributed by atoms with van der Waals surface area (Å²) in [5.41, 5.74) is 6.96. The number of rotatable bonds is 8. The molecule has 0 bridgehead atoms. The molecule has 1 aliphatic heterocycles. The summed E-state index contributed by atoms with van der Waals surface area (Å²) in [6, 6.07) is 18.1. The minimum Gasteiger partial charge on any atom is -0.497 e. The lowest BCUT2D eigenvalue weighted by molar-refractivity contribution is 0.238. The third-order valence-corrected chi connectivity index (χ3v) is 6.52. The minimum atomic E-state index is 0.463. The van der Waals surface area contributed by atoms with Gasteiger partial charge in [0.1, 0.15) is 23.6 Å². The van der Waals surface area contributed by atoms with Gasteiger partial charge in [-0.15, -0.1) is 10.2 Å². The first-order valence-electron chi connectivity index (χ1n) is 12.1. The molecule has 4 aromatic rings. The molecule has 1 aromatic heterocycles. The van der Waals surface area contributed by atoms with Crippen molar-refractivity contribution in [1.29, 1.82) is 0 Å². The van der Waals surface area contributed by atoms with Crippen LogP contribution in [0.25, 0.3) is 22.2 Å². The van der Waals surface area contributed by atoms with Crippen LogP contribution in [0.3, 0.4) is 0 Å². The number of nitrogens with zero attached hydrogens (tertiary/aromatic N) is 4. The monoisotopic (exact) mass is 469 g/mol. The highest BCUT2D eigenvalue weighted by molar-refractivity contribution is 5.85. The summed E-state index contributed by atoms with van der Waals surface area (Å²) in [5.74, 6) is 2.16. The molecule has 1 fully saturated rings. The third kappa shape index (κ3) is 5.35. The van der Waals surface area contributed by atoms with Crippen molar-refractivity contribution in [2.45, 2.75) is 26.7 Å². The predicted octanol–water partition coefficient (Wildman–Crippen LogP) is 5.54. The van der Waals surface area contributed by atoms with Gasteiger partial charge in [-0.2, -0.15) is 0 Å². The predicted molar refractivity (Wildman–Crippen MR) is 140 cm³/mol. The molecule has 0 unspecified atom stereocenters. The van der Waals surface area contributed by atoms with E-state index in [1.165, 1.54) is 31.5 Å². The quantitative estimate of drug-likeness (QED) is 0.363. The highest BCUT2D eigenvalue weighted by atomic mass is 16.5. The van der Waals surface area contributed by atoms with Crippen molar-refractivity contribution >= 4 is 22.7 Å². The fourth-order valence-corrected chi connectivity index (χ4v) is 4.51. The zero-order valence-corrected chi connectivity index (χ0v) is 20.5. The van der Waals surface area contributed by atoms with E-state index in [0.29, 0.717) is 12.6 Å². The molecule has 1 saturated heterocycles. The number of benzene rings is 3. The van der Waals surface area contributed by atoms with E-state index in [0.717, 1.165) is 51.5 Å². The highest BCUT2D eigenvalue weighted by Gasteiger charge is 2.12. The lowest BCUT2D eigenvalue weighted by Gasteiger charge is -2.15. The van der Waals surface area contributed by atoms with Gasteiger partial charge in [-0.3, -0.25) is 4.90 Å². The molecule has 0 saturated carbocycles. The van der Waals surface area contributed by atoms with Gasteiger partial charge in [0.05, 0.1) is 12.6 Å². The molecule has 180 valence electrons. The van der Waals surface area contributed by atoms with E-state index >= 15 is 0 Å². The lowest BCUT2D eigenvalue weighted by Crippen LogP contribution is -2.25. The van der Waals surface area contributed by atoms with Gasteiger partial charge in [0.2, 0.25) is 5.95 Å². The Morgan fingerprint density at radius 3 is 2.34 bits per heavy atom. The number of anilines is 2. The van der Waals surface area contributed by atoms with Crippen molar-refractivity contribution in [2.75, 3.05) is 38.7 Å². The summed E-state index contributed by atoms with van der Waals surface area (Å²) in [6.45, 7) is 8.25. The highest BCUT2D eigenvalue weighted by Crippen LogP contribution is 2.32. The standard InChI is InChI=1S/C28H31N5O2/c1-19-6-9-23(34-3)17-24(19)25-18-27-26(16-20(25)2)30-28(32-31-27)29-21-7-10-22(11-8-21)35-15-14-33-12-4-5-13-33/h6-11,16-18H,4-5,12-15H2,1-3H3,(H,29,30,32). The minimum absolute atomic E-state index is 0.463. The molecule has 35 heavy (non-hydrogen) atoms. The van der Waals surface area contributed by atoms with Crippen LogP contribution in [0.4, 0.5) is 11.6 Å². The van der Waals surface area contributed by atoms with E-state index in [1.54, 1.807) is 7.11 Å². The van der Waals surface area contributed by atoms with E-state index in [-0.39, 0.29) is 0 Å². The van der Waals surface area contributed by atoms with Crippen LogP contribution >= 0.6 is 0 Å². The van der Waals surface area contributed by atoms with Crippen LogP contribution in [0.15, 0.2) is 54.6 Å². The summed E-state index contributed by atoms with van der Waals surface area (Å²) in [5, 5.41) is 12.0. The van der Waals surface area contributed by atoms with E-state index < -0.39 is 0 Å². The summed E-state index contributed by atoms with van der Waals surface area (Å²) in [4.78, 5) is 7.14. The van der Waals surface area contributed by atoms with E-state index in [1.807, 2.05) is 36.4 Å². The first kappa shape index (κ1) is 23.1. The number of ether oxygens (including phenoxy) is 2. The Balaban J connectivity index is 1.28. The SMILES string of the molecule is COc1ccc(C)c(-c2cc3nnc(Nc4ccc(OCCN5CCCC5)cc4)nc3cc2C)c1. The Morgan fingerprint density at radius 1 is 0.829 bits per heavy atom. The Kier molecular flexibility index (Phi) is 6.77. The molecule has 0 radical (unpaired) electrons. The lowest BCUT2D eigenvalue weighted by atomic mass is 9.96. The van der Waals surface area contributed by atoms with Gasteiger partial charge in [0.15, 0.2) is 0 Å². The maximum atomic E-state index is 5.89. The number of hydrogen-bond acceptors (Lipinski definition) is 7. The Morgan fingerprint density at radius 2 is 1.57 bits per heavy atom. The second kappa shape index (κ2) is 10.3. The molecule has 2 heterocycles. The first-order valence-corrected chi connectivity index (χ1v) is 12.1. The average Bonchev–Trinajstić information content (AvgIpc) is 3.39. The zero-order chi connectivity index (χ0) is 24.2. The number of hydrogen-bond donors (Lipinski definition) is 1. The number of nitrogens with one attached hydrogen (secondary N) is 1. The van der Waals surface area contributed by atoms with Crippen molar-refractivity contribution in [1.82, 2.24) is 20.1 Å². The van der Waals surface area contributed by atoms with E-state index in [2.05, 4.69) is 52.5 Å². The van der Waals surface area contributed by atoms with Crippen molar-refractivity contribution in [3.63, 3.8) is 0 Å². The van der Waals surface area contributed by atoms with Crippen molar-refractivity contribution < 1.29 is 9.47 Å². The van der Waals surface area contributed by atoms with Gasteiger partial charge < -0.3 is 14.8 Å². The topological polar surface area (TPSA) is 72.4 Å². The van der Waals surface area contributed by atoms with Crippen LogP contribution in [0.1, 0.15) is 24.0 Å².